The van der Waals surface area contributed by atoms with E-state index in [1.54, 1.807) is 7.11 Å². The summed E-state index contributed by atoms with van der Waals surface area (Å²) >= 11 is 0. The van der Waals surface area contributed by atoms with Crippen molar-refractivity contribution in [2.75, 3.05) is 38.7 Å². The Morgan fingerprint density at radius 3 is 2.90 bits per heavy atom. The molecule has 0 spiro atoms. The summed E-state index contributed by atoms with van der Waals surface area (Å²) in [6.45, 7) is 7.70. The SMILES string of the molecule is C=C(C)COc1cccc(NCC(=O)NCCCOC)c1. The molecule has 0 atom stereocenters. The number of anilines is 1. The van der Waals surface area contributed by atoms with Crippen molar-refractivity contribution in [2.45, 2.75) is 13.3 Å². The molecule has 0 heterocycles. The highest BCUT2D eigenvalue weighted by Crippen LogP contribution is 2.17. The van der Waals surface area contributed by atoms with Gasteiger partial charge in [0, 0.05) is 32.0 Å². The fourth-order valence-corrected chi connectivity index (χ4v) is 1.59. The number of hydrogen-bond donors (Lipinski definition) is 2. The van der Waals surface area contributed by atoms with E-state index in [-0.39, 0.29) is 12.5 Å². The third-order valence-corrected chi connectivity index (χ3v) is 2.62. The van der Waals surface area contributed by atoms with Crippen LogP contribution in [0.2, 0.25) is 0 Å². The molecule has 1 amide bonds. The van der Waals surface area contributed by atoms with E-state index in [9.17, 15) is 4.79 Å². The minimum Gasteiger partial charge on any atom is -0.489 e. The van der Waals surface area contributed by atoms with Crippen molar-refractivity contribution in [3.8, 4) is 5.75 Å². The first-order valence-electron chi connectivity index (χ1n) is 6.98. The van der Waals surface area contributed by atoms with E-state index in [0.717, 1.165) is 23.4 Å². The molecule has 0 aromatic heterocycles. The first kappa shape index (κ1) is 17.0. The van der Waals surface area contributed by atoms with Gasteiger partial charge in [0.25, 0.3) is 0 Å². The second kappa shape index (κ2) is 9.83. The molecule has 0 aliphatic rings. The lowest BCUT2D eigenvalue weighted by atomic mass is 10.3. The molecule has 0 unspecified atom stereocenters. The number of hydrogen-bond acceptors (Lipinski definition) is 4. The van der Waals surface area contributed by atoms with Crippen molar-refractivity contribution in [1.82, 2.24) is 5.32 Å². The zero-order chi connectivity index (χ0) is 15.5. The average molecular weight is 292 g/mol. The lowest BCUT2D eigenvalue weighted by molar-refractivity contribution is -0.119. The van der Waals surface area contributed by atoms with E-state index in [2.05, 4.69) is 17.2 Å². The number of benzene rings is 1. The summed E-state index contributed by atoms with van der Waals surface area (Å²) in [5, 5.41) is 5.89. The van der Waals surface area contributed by atoms with Crippen LogP contribution < -0.4 is 15.4 Å². The summed E-state index contributed by atoms with van der Waals surface area (Å²) in [6, 6.07) is 7.51. The maximum Gasteiger partial charge on any atom is 0.239 e. The summed E-state index contributed by atoms with van der Waals surface area (Å²) < 4.78 is 10.5. The number of methoxy groups -OCH3 is 1. The second-order valence-corrected chi connectivity index (χ2v) is 4.82. The van der Waals surface area contributed by atoms with E-state index in [4.69, 9.17) is 9.47 Å². The fourth-order valence-electron chi connectivity index (χ4n) is 1.59. The van der Waals surface area contributed by atoms with Crippen LogP contribution in [0.5, 0.6) is 5.75 Å². The molecule has 21 heavy (non-hydrogen) atoms. The van der Waals surface area contributed by atoms with Crippen LogP contribution in [0.15, 0.2) is 36.4 Å². The van der Waals surface area contributed by atoms with Gasteiger partial charge in [0.1, 0.15) is 12.4 Å². The van der Waals surface area contributed by atoms with Gasteiger partial charge in [0.15, 0.2) is 0 Å². The first-order chi connectivity index (χ1) is 10.1. The van der Waals surface area contributed by atoms with E-state index >= 15 is 0 Å². The van der Waals surface area contributed by atoms with Crippen LogP contribution in [0.25, 0.3) is 0 Å². The number of nitrogens with one attached hydrogen (secondary N) is 2. The number of ether oxygens (including phenoxy) is 2. The summed E-state index contributed by atoms with van der Waals surface area (Å²) in [6.07, 6.45) is 0.812. The van der Waals surface area contributed by atoms with Gasteiger partial charge in [-0.05, 0) is 31.1 Å². The monoisotopic (exact) mass is 292 g/mol. The minimum atomic E-state index is -0.0423. The average Bonchev–Trinajstić information content (AvgIpc) is 2.48. The van der Waals surface area contributed by atoms with Crippen LogP contribution in [0.4, 0.5) is 5.69 Å². The van der Waals surface area contributed by atoms with Gasteiger partial charge >= 0.3 is 0 Å². The van der Waals surface area contributed by atoms with Crippen LogP contribution in [0.3, 0.4) is 0 Å². The van der Waals surface area contributed by atoms with Crippen LogP contribution in [-0.2, 0) is 9.53 Å². The molecule has 2 N–H and O–H groups in total. The highest BCUT2D eigenvalue weighted by molar-refractivity contribution is 5.80. The molecular formula is C16H24N2O3. The summed E-state index contributed by atoms with van der Waals surface area (Å²) in [7, 11) is 1.65. The Morgan fingerprint density at radius 1 is 1.38 bits per heavy atom. The zero-order valence-corrected chi connectivity index (χ0v) is 12.8. The van der Waals surface area contributed by atoms with E-state index in [0.29, 0.717) is 19.8 Å². The van der Waals surface area contributed by atoms with Gasteiger partial charge < -0.3 is 20.1 Å². The molecule has 1 aromatic carbocycles. The number of carbonyl (C=O) groups excluding carboxylic acids is 1. The maximum atomic E-state index is 11.6. The zero-order valence-electron chi connectivity index (χ0n) is 12.8. The van der Waals surface area contributed by atoms with Crippen molar-refractivity contribution >= 4 is 11.6 Å². The van der Waals surface area contributed by atoms with Crippen LogP contribution in [0.1, 0.15) is 13.3 Å². The predicted molar refractivity (Wildman–Crippen MR) is 84.7 cm³/mol. The largest absolute Gasteiger partial charge is 0.489 e. The van der Waals surface area contributed by atoms with Crippen molar-refractivity contribution in [2.24, 2.45) is 0 Å². The Hall–Kier alpha value is -2.01. The Kier molecular flexibility index (Phi) is 7.97. The summed E-state index contributed by atoms with van der Waals surface area (Å²) in [5.74, 6) is 0.711. The number of amides is 1. The molecule has 1 aromatic rings. The third kappa shape index (κ3) is 7.99. The Balaban J connectivity index is 2.32. The molecule has 0 saturated carbocycles. The van der Waals surface area contributed by atoms with E-state index in [1.165, 1.54) is 0 Å². The lowest BCUT2D eigenvalue weighted by Gasteiger charge is -2.10. The summed E-state index contributed by atoms with van der Waals surface area (Å²) in [5.41, 5.74) is 1.81. The minimum absolute atomic E-state index is 0.0423. The molecule has 1 rings (SSSR count). The molecule has 0 bridgehead atoms. The van der Waals surface area contributed by atoms with Gasteiger partial charge in [-0.15, -0.1) is 0 Å². The molecular weight excluding hydrogens is 268 g/mol. The van der Waals surface area contributed by atoms with Crippen molar-refractivity contribution in [3.63, 3.8) is 0 Å². The van der Waals surface area contributed by atoms with Gasteiger partial charge in [0.05, 0.1) is 6.54 Å². The van der Waals surface area contributed by atoms with E-state index in [1.807, 2.05) is 31.2 Å². The summed E-state index contributed by atoms with van der Waals surface area (Å²) in [4.78, 5) is 11.6. The standard InChI is InChI=1S/C16H24N2O3/c1-13(2)12-21-15-7-4-6-14(10-15)18-11-16(19)17-8-5-9-20-3/h4,6-7,10,18H,1,5,8-9,11-12H2,2-3H3,(H,17,19). The Bertz CT molecular complexity index is 461. The molecule has 0 aliphatic heterocycles. The molecule has 0 fully saturated rings. The molecule has 0 radical (unpaired) electrons. The fraction of sp³-hybridized carbons (Fsp3) is 0.438. The molecule has 0 saturated heterocycles. The second-order valence-electron chi connectivity index (χ2n) is 4.82. The molecule has 5 nitrogen and oxygen atoms in total. The third-order valence-electron chi connectivity index (χ3n) is 2.62. The van der Waals surface area contributed by atoms with E-state index < -0.39 is 0 Å². The normalized spacial score (nSPS) is 10.0. The van der Waals surface area contributed by atoms with Crippen LogP contribution >= 0.6 is 0 Å². The van der Waals surface area contributed by atoms with Crippen molar-refractivity contribution in [1.29, 1.82) is 0 Å². The predicted octanol–water partition coefficient (Wildman–Crippen LogP) is 2.21. The van der Waals surface area contributed by atoms with Gasteiger partial charge in [0.2, 0.25) is 5.91 Å². The van der Waals surface area contributed by atoms with Crippen molar-refractivity contribution in [3.05, 3.63) is 36.4 Å². The highest BCUT2D eigenvalue weighted by atomic mass is 16.5. The quantitative estimate of drug-likeness (QED) is 0.513. The maximum absolute atomic E-state index is 11.6. The van der Waals surface area contributed by atoms with Crippen molar-refractivity contribution < 1.29 is 14.3 Å². The lowest BCUT2D eigenvalue weighted by Crippen LogP contribution is -2.31. The smallest absolute Gasteiger partial charge is 0.239 e. The molecule has 0 aliphatic carbocycles. The molecule has 5 heteroatoms. The topological polar surface area (TPSA) is 59.6 Å². The Morgan fingerprint density at radius 2 is 2.19 bits per heavy atom. The van der Waals surface area contributed by atoms with Gasteiger partial charge in [-0.2, -0.15) is 0 Å². The van der Waals surface area contributed by atoms with Crippen LogP contribution in [-0.4, -0.2) is 39.3 Å². The first-order valence-corrected chi connectivity index (χ1v) is 6.98. The van der Waals surface area contributed by atoms with Gasteiger partial charge in [-0.3, -0.25) is 4.79 Å². The Labute approximate surface area is 126 Å². The number of rotatable bonds is 10. The van der Waals surface area contributed by atoms with Gasteiger partial charge in [-0.25, -0.2) is 0 Å². The van der Waals surface area contributed by atoms with Crippen LogP contribution in [0, 0.1) is 0 Å². The number of carbonyl (C=O) groups is 1. The highest BCUT2D eigenvalue weighted by Gasteiger charge is 2.01. The van der Waals surface area contributed by atoms with Gasteiger partial charge in [-0.1, -0.05) is 12.6 Å². The molecule has 116 valence electrons.